The maximum atomic E-state index is 12.9. The van der Waals surface area contributed by atoms with Crippen LogP contribution >= 0.6 is 0 Å². The summed E-state index contributed by atoms with van der Waals surface area (Å²) in [6.45, 7) is 2.98. The molecule has 1 spiro atoms. The second-order valence-corrected chi connectivity index (χ2v) is 7.36. The molecule has 0 aromatic heterocycles. The van der Waals surface area contributed by atoms with E-state index in [9.17, 15) is 4.79 Å². The predicted molar refractivity (Wildman–Crippen MR) is 103 cm³/mol. The van der Waals surface area contributed by atoms with Gasteiger partial charge in [-0.25, -0.2) is 0 Å². The summed E-state index contributed by atoms with van der Waals surface area (Å²) in [5.41, 5.74) is 2.27. The fraction of sp³-hybridized carbons (Fsp3) is 0.409. The molecule has 4 heteroatoms. The lowest BCUT2D eigenvalue weighted by atomic mass is 9.82. The second-order valence-electron chi connectivity index (χ2n) is 7.36. The summed E-state index contributed by atoms with van der Waals surface area (Å²) in [6, 6.07) is 18.6. The molecule has 2 aliphatic rings. The van der Waals surface area contributed by atoms with Crippen molar-refractivity contribution in [2.75, 3.05) is 5.32 Å². The van der Waals surface area contributed by atoms with Crippen LogP contribution in [0.5, 0.6) is 0 Å². The van der Waals surface area contributed by atoms with Gasteiger partial charge < -0.3 is 15.4 Å². The Balaban J connectivity index is 1.58. The highest BCUT2D eigenvalue weighted by atomic mass is 16.5. The lowest BCUT2D eigenvalue weighted by Gasteiger charge is -2.41. The minimum absolute atomic E-state index is 0.0222. The van der Waals surface area contributed by atoms with Crippen LogP contribution in [0.2, 0.25) is 0 Å². The molecule has 2 aliphatic heterocycles. The topological polar surface area (TPSA) is 50.4 Å². The summed E-state index contributed by atoms with van der Waals surface area (Å²) in [5.74, 6) is -0.0222. The monoisotopic (exact) mass is 350 g/mol. The van der Waals surface area contributed by atoms with E-state index < -0.39 is 5.60 Å². The van der Waals surface area contributed by atoms with E-state index in [0.29, 0.717) is 6.42 Å². The Morgan fingerprint density at radius 3 is 2.73 bits per heavy atom. The number of rotatable bonds is 5. The molecule has 2 aromatic rings. The largest absolute Gasteiger partial charge is 0.357 e. The summed E-state index contributed by atoms with van der Waals surface area (Å²) in [4.78, 5) is 12.9. The summed E-state index contributed by atoms with van der Waals surface area (Å²) < 4.78 is 6.44. The number of para-hydroxylation sites is 1. The number of benzene rings is 2. The molecule has 2 aromatic carbocycles. The summed E-state index contributed by atoms with van der Waals surface area (Å²) >= 11 is 0. The van der Waals surface area contributed by atoms with Crippen molar-refractivity contribution in [3.8, 4) is 0 Å². The molecule has 2 heterocycles. The van der Waals surface area contributed by atoms with Gasteiger partial charge in [0.1, 0.15) is 0 Å². The summed E-state index contributed by atoms with van der Waals surface area (Å²) in [7, 11) is 0. The molecule has 1 amide bonds. The van der Waals surface area contributed by atoms with Crippen LogP contribution in [0.3, 0.4) is 0 Å². The Bertz CT molecular complexity index is 777. The first-order chi connectivity index (χ1) is 12.7. The Hall–Kier alpha value is -2.17. The highest BCUT2D eigenvalue weighted by Gasteiger charge is 2.53. The van der Waals surface area contributed by atoms with E-state index >= 15 is 0 Å². The van der Waals surface area contributed by atoms with Gasteiger partial charge in [0.2, 0.25) is 0 Å². The number of hydrogen-bond donors (Lipinski definition) is 2. The normalized spacial score (nSPS) is 27.3. The number of carbonyl (C=O) groups excluding carboxylic acids is 1. The third kappa shape index (κ3) is 3.15. The van der Waals surface area contributed by atoms with Crippen molar-refractivity contribution in [3.05, 3.63) is 65.7 Å². The average Bonchev–Trinajstić information content (AvgIpc) is 2.92. The molecule has 1 saturated heterocycles. The highest BCUT2D eigenvalue weighted by Crippen LogP contribution is 2.46. The van der Waals surface area contributed by atoms with Gasteiger partial charge in [0, 0.05) is 30.3 Å². The van der Waals surface area contributed by atoms with Gasteiger partial charge in [-0.2, -0.15) is 0 Å². The number of anilines is 1. The van der Waals surface area contributed by atoms with Crippen molar-refractivity contribution in [1.29, 1.82) is 0 Å². The van der Waals surface area contributed by atoms with E-state index in [1.165, 1.54) is 5.56 Å². The Labute approximate surface area is 155 Å². The molecular formula is C22H26N2O2. The van der Waals surface area contributed by atoms with Crippen LogP contribution in [-0.4, -0.2) is 18.1 Å². The SMILES string of the molecule is CCC[C@@H]1C[C@H](NCc2ccccc2)CC2(O1)C(=O)Nc1ccccc12. The first-order valence-corrected chi connectivity index (χ1v) is 9.57. The number of amides is 1. The van der Waals surface area contributed by atoms with Crippen molar-refractivity contribution in [3.63, 3.8) is 0 Å². The van der Waals surface area contributed by atoms with E-state index in [0.717, 1.165) is 37.1 Å². The van der Waals surface area contributed by atoms with Gasteiger partial charge in [0.15, 0.2) is 5.60 Å². The predicted octanol–water partition coefficient (Wildman–Crippen LogP) is 3.97. The van der Waals surface area contributed by atoms with Gasteiger partial charge in [0.25, 0.3) is 5.91 Å². The van der Waals surface area contributed by atoms with Crippen molar-refractivity contribution in [2.24, 2.45) is 0 Å². The number of fused-ring (bicyclic) bond motifs is 2. The Morgan fingerprint density at radius 1 is 1.15 bits per heavy atom. The molecule has 0 radical (unpaired) electrons. The molecule has 4 rings (SSSR count). The van der Waals surface area contributed by atoms with Crippen LogP contribution in [0.4, 0.5) is 5.69 Å². The Morgan fingerprint density at radius 2 is 1.92 bits per heavy atom. The van der Waals surface area contributed by atoms with Crippen LogP contribution in [0, 0.1) is 0 Å². The van der Waals surface area contributed by atoms with Crippen LogP contribution < -0.4 is 10.6 Å². The van der Waals surface area contributed by atoms with Gasteiger partial charge in [-0.05, 0) is 24.5 Å². The maximum absolute atomic E-state index is 12.9. The standard InChI is InChI=1S/C22H26N2O2/c1-2-8-18-13-17(23-15-16-9-4-3-5-10-16)14-22(26-18)19-11-6-7-12-20(19)24-21(22)25/h3-7,9-12,17-18,23H,2,8,13-15H2,1H3,(H,24,25)/t17-,18+,22?/m0/s1. The number of carbonyl (C=O) groups is 1. The molecule has 3 atom stereocenters. The molecule has 0 aliphatic carbocycles. The molecule has 26 heavy (non-hydrogen) atoms. The fourth-order valence-electron chi connectivity index (χ4n) is 4.25. The number of ether oxygens (including phenoxy) is 1. The lowest BCUT2D eigenvalue weighted by molar-refractivity contribution is -0.167. The van der Waals surface area contributed by atoms with E-state index in [-0.39, 0.29) is 18.1 Å². The minimum Gasteiger partial charge on any atom is -0.357 e. The number of hydrogen-bond acceptors (Lipinski definition) is 3. The van der Waals surface area contributed by atoms with Gasteiger partial charge in [0.05, 0.1) is 6.10 Å². The van der Waals surface area contributed by atoms with Crippen molar-refractivity contribution >= 4 is 11.6 Å². The van der Waals surface area contributed by atoms with E-state index in [4.69, 9.17) is 4.74 Å². The zero-order valence-electron chi connectivity index (χ0n) is 15.2. The molecule has 0 bridgehead atoms. The smallest absolute Gasteiger partial charge is 0.261 e. The third-order valence-electron chi connectivity index (χ3n) is 5.47. The first-order valence-electron chi connectivity index (χ1n) is 9.57. The zero-order valence-corrected chi connectivity index (χ0v) is 15.2. The van der Waals surface area contributed by atoms with Gasteiger partial charge >= 0.3 is 0 Å². The molecule has 1 unspecified atom stereocenters. The van der Waals surface area contributed by atoms with Crippen molar-refractivity contribution in [1.82, 2.24) is 5.32 Å². The van der Waals surface area contributed by atoms with E-state index in [1.807, 2.05) is 30.3 Å². The van der Waals surface area contributed by atoms with E-state index in [1.54, 1.807) is 0 Å². The fourth-order valence-corrected chi connectivity index (χ4v) is 4.25. The van der Waals surface area contributed by atoms with Gasteiger partial charge in [-0.1, -0.05) is 61.9 Å². The highest BCUT2D eigenvalue weighted by molar-refractivity contribution is 6.05. The van der Waals surface area contributed by atoms with Crippen LogP contribution in [0.25, 0.3) is 0 Å². The molecule has 0 saturated carbocycles. The molecule has 2 N–H and O–H groups in total. The first kappa shape index (κ1) is 17.3. The molecule has 1 fully saturated rings. The van der Waals surface area contributed by atoms with Crippen LogP contribution in [0.15, 0.2) is 54.6 Å². The molecule has 4 nitrogen and oxygen atoms in total. The average molecular weight is 350 g/mol. The van der Waals surface area contributed by atoms with Gasteiger partial charge in [-0.3, -0.25) is 4.79 Å². The van der Waals surface area contributed by atoms with Gasteiger partial charge in [-0.15, -0.1) is 0 Å². The van der Waals surface area contributed by atoms with Crippen molar-refractivity contribution in [2.45, 2.75) is 56.9 Å². The van der Waals surface area contributed by atoms with Crippen LogP contribution in [0.1, 0.15) is 43.7 Å². The maximum Gasteiger partial charge on any atom is 0.261 e. The zero-order chi connectivity index (χ0) is 18.0. The third-order valence-corrected chi connectivity index (χ3v) is 5.47. The Kier molecular flexibility index (Phi) is 4.79. The molecule has 136 valence electrons. The second kappa shape index (κ2) is 7.22. The summed E-state index contributed by atoms with van der Waals surface area (Å²) in [6.07, 6.45) is 3.73. The summed E-state index contributed by atoms with van der Waals surface area (Å²) in [5, 5.41) is 6.69. The van der Waals surface area contributed by atoms with Crippen LogP contribution in [-0.2, 0) is 21.7 Å². The lowest BCUT2D eigenvalue weighted by Crippen LogP contribution is -2.52. The number of nitrogens with one attached hydrogen (secondary N) is 2. The van der Waals surface area contributed by atoms with Crippen molar-refractivity contribution < 1.29 is 9.53 Å². The van der Waals surface area contributed by atoms with E-state index in [2.05, 4.69) is 41.8 Å². The minimum atomic E-state index is -0.858. The molecular weight excluding hydrogens is 324 g/mol. The quantitative estimate of drug-likeness (QED) is 0.858.